The fourth-order valence-electron chi connectivity index (χ4n) is 0.943. The molecule has 0 aromatic heterocycles. The van der Waals surface area contributed by atoms with Gasteiger partial charge >= 0.3 is 0 Å². The number of benzene rings is 1. The Morgan fingerprint density at radius 1 is 1.46 bits per heavy atom. The van der Waals surface area contributed by atoms with Crippen molar-refractivity contribution in [2.24, 2.45) is 0 Å². The van der Waals surface area contributed by atoms with Gasteiger partial charge in [0.05, 0.1) is 11.5 Å². The van der Waals surface area contributed by atoms with Crippen LogP contribution in [0.2, 0.25) is 0 Å². The topological polar surface area (TPSA) is 54.4 Å². The second-order valence-corrected chi connectivity index (χ2v) is 5.53. The molecule has 1 aromatic carbocycles. The molecule has 0 spiro atoms. The van der Waals surface area contributed by atoms with Gasteiger partial charge in [-0.2, -0.15) is 0 Å². The molecular weight excluding hydrogens is 256 g/mol. The summed E-state index contributed by atoms with van der Waals surface area (Å²) in [5.41, 5.74) is 0.680. The molecule has 0 atom stereocenters. The van der Waals surface area contributed by atoms with Crippen molar-refractivity contribution in [3.63, 3.8) is 0 Å². The molecule has 3 nitrogen and oxygen atoms in total. The molecule has 0 saturated heterocycles. The molecule has 1 rings (SSSR count). The minimum absolute atomic E-state index is 0.0946. The van der Waals surface area contributed by atoms with E-state index >= 15 is 0 Å². The first kappa shape index (κ1) is 10.7. The predicted octanol–water partition coefficient (Wildman–Crippen LogP) is 1.34. The second-order valence-electron chi connectivity index (χ2n) is 2.70. The molecule has 5 heteroatoms. The predicted molar refractivity (Wildman–Crippen MR) is 53.2 cm³/mol. The van der Waals surface area contributed by atoms with Gasteiger partial charge in [-0.3, -0.25) is 0 Å². The first-order valence-electron chi connectivity index (χ1n) is 3.54. The molecule has 0 saturated carbocycles. The number of hydrogen-bond acceptors (Lipinski definition) is 3. The van der Waals surface area contributed by atoms with Crippen LogP contribution in [-0.4, -0.2) is 19.8 Å². The van der Waals surface area contributed by atoms with E-state index in [0.717, 1.165) is 6.26 Å². The van der Waals surface area contributed by atoms with E-state index in [4.69, 9.17) is 5.11 Å². The van der Waals surface area contributed by atoms with Gasteiger partial charge in [0.1, 0.15) is 0 Å². The van der Waals surface area contributed by atoms with Crippen LogP contribution in [0.5, 0.6) is 0 Å². The van der Waals surface area contributed by atoms with Gasteiger partial charge in [-0.15, -0.1) is 0 Å². The molecule has 0 heterocycles. The highest BCUT2D eigenvalue weighted by Gasteiger charge is 2.11. The van der Waals surface area contributed by atoms with Crippen LogP contribution in [0.3, 0.4) is 0 Å². The van der Waals surface area contributed by atoms with Crippen LogP contribution in [0.4, 0.5) is 0 Å². The molecule has 0 aliphatic rings. The Balaban J connectivity index is 3.29. The van der Waals surface area contributed by atoms with E-state index in [0.29, 0.717) is 10.0 Å². The summed E-state index contributed by atoms with van der Waals surface area (Å²) in [6.07, 6.45) is 1.14. The normalized spacial score (nSPS) is 11.6. The Kier molecular flexibility index (Phi) is 3.10. The molecule has 0 aliphatic carbocycles. The number of sulfone groups is 1. The van der Waals surface area contributed by atoms with E-state index in [1.54, 1.807) is 12.1 Å². The summed E-state index contributed by atoms with van der Waals surface area (Å²) >= 11 is 3.13. The van der Waals surface area contributed by atoms with Crippen LogP contribution in [0, 0.1) is 0 Å². The van der Waals surface area contributed by atoms with Crippen molar-refractivity contribution in [3.8, 4) is 0 Å². The lowest BCUT2D eigenvalue weighted by molar-refractivity contribution is 0.281. The highest BCUT2D eigenvalue weighted by atomic mass is 79.9. The van der Waals surface area contributed by atoms with Crippen LogP contribution >= 0.6 is 15.9 Å². The van der Waals surface area contributed by atoms with Crippen molar-refractivity contribution in [1.29, 1.82) is 0 Å². The van der Waals surface area contributed by atoms with Crippen LogP contribution in [-0.2, 0) is 16.4 Å². The van der Waals surface area contributed by atoms with Crippen molar-refractivity contribution < 1.29 is 13.5 Å². The Morgan fingerprint density at radius 2 is 2.08 bits per heavy atom. The lowest BCUT2D eigenvalue weighted by Crippen LogP contribution is -1.98. The molecule has 1 aromatic rings. The average Bonchev–Trinajstić information content (AvgIpc) is 2.01. The van der Waals surface area contributed by atoms with Crippen molar-refractivity contribution >= 4 is 25.8 Å². The maximum absolute atomic E-state index is 11.2. The van der Waals surface area contributed by atoms with E-state index in [2.05, 4.69) is 15.9 Å². The first-order valence-corrected chi connectivity index (χ1v) is 6.23. The Bertz CT molecular complexity index is 411. The second kappa shape index (κ2) is 3.77. The number of hydrogen-bond donors (Lipinski definition) is 1. The molecule has 0 bridgehead atoms. The summed E-state index contributed by atoms with van der Waals surface area (Å²) in [5, 5.41) is 8.79. The fraction of sp³-hybridized carbons (Fsp3) is 0.250. The van der Waals surface area contributed by atoms with E-state index in [1.807, 2.05) is 0 Å². The Morgan fingerprint density at radius 3 is 2.46 bits per heavy atom. The Hall–Kier alpha value is -0.390. The van der Waals surface area contributed by atoms with Gasteiger partial charge in [0.25, 0.3) is 0 Å². The maximum atomic E-state index is 11.2. The molecule has 13 heavy (non-hydrogen) atoms. The third-order valence-electron chi connectivity index (χ3n) is 1.58. The zero-order chi connectivity index (χ0) is 10.1. The molecule has 72 valence electrons. The zero-order valence-corrected chi connectivity index (χ0v) is 9.39. The summed E-state index contributed by atoms with van der Waals surface area (Å²) in [6.45, 7) is -0.0946. The lowest BCUT2D eigenvalue weighted by atomic mass is 10.2. The van der Waals surface area contributed by atoms with Gasteiger partial charge in [0, 0.05) is 10.7 Å². The van der Waals surface area contributed by atoms with Gasteiger partial charge < -0.3 is 5.11 Å². The molecule has 0 radical (unpaired) electrons. The van der Waals surface area contributed by atoms with Crippen molar-refractivity contribution in [1.82, 2.24) is 0 Å². The number of rotatable bonds is 2. The molecular formula is C8H9BrO3S. The third-order valence-corrected chi connectivity index (χ3v) is 3.65. The third kappa shape index (κ3) is 2.52. The van der Waals surface area contributed by atoms with Gasteiger partial charge in [0.15, 0.2) is 9.84 Å². The standard InChI is InChI=1S/C8H9BrO3S/c1-13(11,12)8-3-2-6(5-10)4-7(8)9/h2-4,10H,5H2,1H3. The maximum Gasteiger partial charge on any atom is 0.176 e. The van der Waals surface area contributed by atoms with E-state index in [-0.39, 0.29) is 11.5 Å². The first-order chi connectivity index (χ1) is 5.95. The van der Waals surface area contributed by atoms with Gasteiger partial charge in [-0.25, -0.2) is 8.42 Å². The quantitative estimate of drug-likeness (QED) is 0.878. The zero-order valence-electron chi connectivity index (χ0n) is 6.99. The number of aliphatic hydroxyl groups excluding tert-OH is 1. The van der Waals surface area contributed by atoms with Crippen molar-refractivity contribution in [2.75, 3.05) is 6.26 Å². The SMILES string of the molecule is CS(=O)(=O)c1ccc(CO)cc1Br. The minimum atomic E-state index is -3.19. The molecule has 0 fully saturated rings. The van der Waals surface area contributed by atoms with E-state index in [9.17, 15) is 8.42 Å². The van der Waals surface area contributed by atoms with Gasteiger partial charge in [-0.05, 0) is 33.6 Å². The van der Waals surface area contributed by atoms with Gasteiger partial charge in [0.2, 0.25) is 0 Å². The number of aliphatic hydroxyl groups is 1. The van der Waals surface area contributed by atoms with Gasteiger partial charge in [-0.1, -0.05) is 6.07 Å². The average molecular weight is 265 g/mol. The minimum Gasteiger partial charge on any atom is -0.392 e. The molecule has 0 aliphatic heterocycles. The smallest absolute Gasteiger partial charge is 0.176 e. The van der Waals surface area contributed by atoms with E-state index in [1.165, 1.54) is 6.07 Å². The highest BCUT2D eigenvalue weighted by Crippen LogP contribution is 2.22. The molecule has 0 amide bonds. The van der Waals surface area contributed by atoms with E-state index < -0.39 is 9.84 Å². The van der Waals surface area contributed by atoms with Crippen molar-refractivity contribution in [2.45, 2.75) is 11.5 Å². The molecule has 0 unspecified atom stereocenters. The summed E-state index contributed by atoms with van der Waals surface area (Å²) < 4.78 is 22.8. The summed E-state index contributed by atoms with van der Waals surface area (Å²) in [6, 6.07) is 4.66. The van der Waals surface area contributed by atoms with Crippen LogP contribution in [0.25, 0.3) is 0 Å². The summed E-state index contributed by atoms with van der Waals surface area (Å²) in [4.78, 5) is 0.240. The van der Waals surface area contributed by atoms with Crippen LogP contribution in [0.15, 0.2) is 27.6 Å². The molecule has 1 N–H and O–H groups in total. The summed E-state index contributed by atoms with van der Waals surface area (Å²) in [5.74, 6) is 0. The van der Waals surface area contributed by atoms with Crippen LogP contribution in [0.1, 0.15) is 5.56 Å². The summed E-state index contributed by atoms with van der Waals surface area (Å²) in [7, 11) is -3.19. The highest BCUT2D eigenvalue weighted by molar-refractivity contribution is 9.10. The van der Waals surface area contributed by atoms with Crippen LogP contribution < -0.4 is 0 Å². The fourth-order valence-corrected chi connectivity index (χ4v) is 2.98. The monoisotopic (exact) mass is 264 g/mol. The Labute approximate surface area is 85.4 Å². The number of halogens is 1. The lowest BCUT2D eigenvalue weighted by Gasteiger charge is -2.03. The largest absolute Gasteiger partial charge is 0.392 e. The van der Waals surface area contributed by atoms with Crippen molar-refractivity contribution in [3.05, 3.63) is 28.2 Å².